The summed E-state index contributed by atoms with van der Waals surface area (Å²) in [6.45, 7) is 7.96. The lowest BCUT2D eigenvalue weighted by Crippen LogP contribution is -2.41. The number of hydrogen-bond acceptors (Lipinski definition) is 6. The van der Waals surface area contributed by atoms with Gasteiger partial charge in [-0.05, 0) is 46.5 Å². The van der Waals surface area contributed by atoms with Crippen LogP contribution in [0.3, 0.4) is 0 Å². The maximum Gasteiger partial charge on any atom is 0.458 e. The molecule has 7 nitrogen and oxygen atoms in total. The van der Waals surface area contributed by atoms with Crippen molar-refractivity contribution < 1.29 is 23.7 Å². The smallest absolute Gasteiger partial charge is 0.458 e. The first kappa shape index (κ1) is 18.5. The zero-order valence-electron chi connectivity index (χ0n) is 15.0. The van der Waals surface area contributed by atoms with Crippen LogP contribution in [0.5, 0.6) is 11.5 Å². The lowest BCUT2D eigenvalue weighted by molar-refractivity contribution is -0.385. The molecule has 2 rings (SSSR count). The van der Waals surface area contributed by atoms with Crippen molar-refractivity contribution in [2.75, 3.05) is 14.2 Å². The Hall–Kier alpha value is -1.80. The second kappa shape index (κ2) is 6.60. The first-order valence-corrected chi connectivity index (χ1v) is 7.86. The molecule has 1 saturated heterocycles. The van der Waals surface area contributed by atoms with Gasteiger partial charge in [-0.2, -0.15) is 0 Å². The summed E-state index contributed by atoms with van der Waals surface area (Å²) in [5.74, 6) is 0.670. The Morgan fingerprint density at radius 3 is 2.17 bits per heavy atom. The lowest BCUT2D eigenvalue weighted by Gasteiger charge is -2.32. The first-order valence-electron chi connectivity index (χ1n) is 7.86. The Kier molecular flexibility index (Phi) is 5.10. The van der Waals surface area contributed by atoms with E-state index < -0.39 is 16.1 Å². The molecule has 0 unspecified atom stereocenters. The lowest BCUT2D eigenvalue weighted by atomic mass is 9.81. The minimum atomic E-state index is -0.473. The monoisotopic (exact) mass is 337 g/mol. The second-order valence-electron chi connectivity index (χ2n) is 6.82. The van der Waals surface area contributed by atoms with E-state index in [1.807, 2.05) is 27.7 Å². The average Bonchev–Trinajstić information content (AvgIpc) is 2.71. The van der Waals surface area contributed by atoms with Crippen LogP contribution >= 0.6 is 0 Å². The van der Waals surface area contributed by atoms with Gasteiger partial charge in [0.1, 0.15) is 5.75 Å². The van der Waals surface area contributed by atoms with Gasteiger partial charge in [0.25, 0.3) is 0 Å². The van der Waals surface area contributed by atoms with E-state index in [1.165, 1.54) is 20.3 Å². The molecule has 0 amide bonds. The normalized spacial score (nSPS) is 18.5. The van der Waals surface area contributed by atoms with E-state index in [-0.39, 0.29) is 18.6 Å². The van der Waals surface area contributed by atoms with Crippen LogP contribution in [0.1, 0.15) is 33.3 Å². The Labute approximate surface area is 142 Å². The van der Waals surface area contributed by atoms with Crippen molar-refractivity contribution in [2.24, 2.45) is 0 Å². The SMILES string of the molecule is COc1cc(CCB2OC(C)(C)C(C)(C)O2)c(OC)c([N+](=O)[O-])c1. The first-order chi connectivity index (χ1) is 11.1. The number of rotatable bonds is 6. The predicted octanol–water partition coefficient (Wildman–Crippen LogP) is 3.25. The molecule has 1 heterocycles. The number of ether oxygens (including phenoxy) is 2. The highest BCUT2D eigenvalue weighted by molar-refractivity contribution is 6.45. The molecule has 0 N–H and O–H groups in total. The topological polar surface area (TPSA) is 80.1 Å². The minimum Gasteiger partial charge on any atom is -0.496 e. The summed E-state index contributed by atoms with van der Waals surface area (Å²) in [6.07, 6.45) is 1.07. The molecular formula is C16H24BNO6. The Morgan fingerprint density at radius 2 is 1.71 bits per heavy atom. The van der Waals surface area contributed by atoms with Crippen molar-refractivity contribution in [1.29, 1.82) is 0 Å². The third-order valence-electron chi connectivity index (χ3n) is 4.71. The molecule has 0 aromatic heterocycles. The van der Waals surface area contributed by atoms with Crippen LogP contribution in [0.25, 0.3) is 0 Å². The zero-order valence-corrected chi connectivity index (χ0v) is 15.0. The fraction of sp³-hybridized carbons (Fsp3) is 0.625. The molecule has 1 aromatic carbocycles. The van der Waals surface area contributed by atoms with E-state index >= 15 is 0 Å². The third-order valence-corrected chi connectivity index (χ3v) is 4.71. The van der Waals surface area contributed by atoms with Crippen LogP contribution in [0, 0.1) is 10.1 Å². The van der Waals surface area contributed by atoms with Gasteiger partial charge < -0.3 is 18.8 Å². The Bertz CT molecular complexity index is 615. The van der Waals surface area contributed by atoms with E-state index in [0.717, 1.165) is 0 Å². The van der Waals surface area contributed by atoms with Crippen molar-refractivity contribution in [3.63, 3.8) is 0 Å². The number of hydrogen-bond donors (Lipinski definition) is 0. The highest BCUT2D eigenvalue weighted by Crippen LogP contribution is 2.40. The number of methoxy groups -OCH3 is 2. The van der Waals surface area contributed by atoms with Crippen LogP contribution in [0.4, 0.5) is 5.69 Å². The molecule has 1 aromatic rings. The Morgan fingerprint density at radius 1 is 1.12 bits per heavy atom. The van der Waals surface area contributed by atoms with E-state index in [1.54, 1.807) is 6.07 Å². The maximum absolute atomic E-state index is 11.3. The van der Waals surface area contributed by atoms with Crippen LogP contribution in [-0.2, 0) is 15.7 Å². The molecule has 0 spiro atoms. The van der Waals surface area contributed by atoms with E-state index in [0.29, 0.717) is 24.1 Å². The van der Waals surface area contributed by atoms with Gasteiger partial charge in [-0.15, -0.1) is 0 Å². The van der Waals surface area contributed by atoms with Gasteiger partial charge in [0.15, 0.2) is 5.75 Å². The molecule has 8 heteroatoms. The number of nitro benzene ring substituents is 1. The molecular weight excluding hydrogens is 313 g/mol. The number of aryl methyl sites for hydroxylation is 1. The van der Waals surface area contributed by atoms with Crippen molar-refractivity contribution >= 4 is 12.8 Å². The van der Waals surface area contributed by atoms with E-state index in [9.17, 15) is 10.1 Å². The summed E-state index contributed by atoms with van der Waals surface area (Å²) in [4.78, 5) is 10.8. The van der Waals surface area contributed by atoms with Gasteiger partial charge in [0.2, 0.25) is 0 Å². The molecule has 1 fully saturated rings. The largest absolute Gasteiger partial charge is 0.496 e. The van der Waals surface area contributed by atoms with Crippen LogP contribution in [0.15, 0.2) is 12.1 Å². The number of benzene rings is 1. The molecule has 132 valence electrons. The summed E-state index contributed by atoms with van der Waals surface area (Å²) >= 11 is 0. The molecule has 0 bridgehead atoms. The van der Waals surface area contributed by atoms with Gasteiger partial charge in [0.05, 0.1) is 36.4 Å². The summed E-state index contributed by atoms with van der Waals surface area (Å²) in [7, 11) is 2.53. The molecule has 0 atom stereocenters. The Balaban J connectivity index is 2.21. The zero-order chi connectivity index (χ0) is 18.1. The van der Waals surface area contributed by atoms with E-state index in [2.05, 4.69) is 0 Å². The fourth-order valence-electron chi connectivity index (χ4n) is 2.67. The van der Waals surface area contributed by atoms with Crippen molar-refractivity contribution in [3.8, 4) is 11.5 Å². The van der Waals surface area contributed by atoms with Gasteiger partial charge in [0, 0.05) is 5.56 Å². The highest BCUT2D eigenvalue weighted by Gasteiger charge is 2.50. The third kappa shape index (κ3) is 3.49. The fourth-order valence-corrected chi connectivity index (χ4v) is 2.67. The molecule has 1 aliphatic heterocycles. The van der Waals surface area contributed by atoms with Crippen LogP contribution in [0.2, 0.25) is 6.32 Å². The second-order valence-corrected chi connectivity index (χ2v) is 6.82. The standard InChI is InChI=1S/C16H24BNO6/c1-15(2)16(3,4)24-17(23-15)8-7-11-9-12(21-5)10-13(18(19)20)14(11)22-6/h9-10H,7-8H2,1-6H3. The summed E-state index contributed by atoms with van der Waals surface area (Å²) < 4.78 is 22.3. The molecule has 0 radical (unpaired) electrons. The van der Waals surface area contributed by atoms with Gasteiger partial charge in [-0.3, -0.25) is 10.1 Å². The predicted molar refractivity (Wildman–Crippen MR) is 90.8 cm³/mol. The van der Waals surface area contributed by atoms with Crippen molar-refractivity contribution in [3.05, 3.63) is 27.8 Å². The quantitative estimate of drug-likeness (QED) is 0.450. The molecule has 0 aliphatic carbocycles. The molecule has 0 saturated carbocycles. The van der Waals surface area contributed by atoms with Gasteiger partial charge >= 0.3 is 12.8 Å². The summed E-state index contributed by atoms with van der Waals surface area (Å²) in [5.41, 5.74) is -0.219. The highest BCUT2D eigenvalue weighted by atomic mass is 16.7. The van der Waals surface area contributed by atoms with Crippen LogP contribution in [-0.4, -0.2) is 37.5 Å². The summed E-state index contributed by atoms with van der Waals surface area (Å²) in [6, 6.07) is 3.11. The molecule has 24 heavy (non-hydrogen) atoms. The van der Waals surface area contributed by atoms with Gasteiger partial charge in [-0.25, -0.2) is 0 Å². The number of nitro groups is 1. The van der Waals surface area contributed by atoms with Crippen molar-refractivity contribution in [2.45, 2.75) is 51.6 Å². The summed E-state index contributed by atoms with van der Waals surface area (Å²) in [5, 5.41) is 11.3. The maximum atomic E-state index is 11.3. The minimum absolute atomic E-state index is 0.110. The van der Waals surface area contributed by atoms with Crippen molar-refractivity contribution in [1.82, 2.24) is 0 Å². The number of nitrogens with zero attached hydrogens (tertiary/aromatic N) is 1. The van der Waals surface area contributed by atoms with Crippen LogP contribution < -0.4 is 9.47 Å². The average molecular weight is 337 g/mol. The molecule has 1 aliphatic rings. The van der Waals surface area contributed by atoms with E-state index in [4.69, 9.17) is 18.8 Å². The van der Waals surface area contributed by atoms with Gasteiger partial charge in [-0.1, -0.05) is 0 Å².